The van der Waals surface area contributed by atoms with Crippen molar-refractivity contribution in [3.8, 4) is 59.2 Å². The molecular formula is C22H16N2O4. The van der Waals surface area contributed by atoms with Crippen LogP contribution in [-0.2, 0) is 0 Å². The van der Waals surface area contributed by atoms with Gasteiger partial charge in [-0.2, -0.15) is 0 Å². The zero-order valence-electron chi connectivity index (χ0n) is 14.6. The first kappa shape index (κ1) is 18.4. The van der Waals surface area contributed by atoms with E-state index in [1.54, 1.807) is 24.3 Å². The number of hydrogen-bond acceptors (Lipinski definition) is 6. The fourth-order valence-electron chi connectivity index (χ4n) is 2.40. The largest absolute Gasteiger partial charge is 0.506 e. The van der Waals surface area contributed by atoms with E-state index in [0.717, 1.165) is 0 Å². The fourth-order valence-corrected chi connectivity index (χ4v) is 2.40. The second-order valence-corrected chi connectivity index (χ2v) is 5.75. The molecule has 3 aromatic rings. The van der Waals surface area contributed by atoms with Crippen molar-refractivity contribution in [3.63, 3.8) is 0 Å². The molecule has 3 rings (SSSR count). The van der Waals surface area contributed by atoms with Gasteiger partial charge in [-0.05, 0) is 36.4 Å². The molecule has 0 heterocycles. The number of nitrogens with two attached hydrogens (primary N) is 2. The SMILES string of the molecule is C#Cc1ccc(C#C)c(Oc2ccc(N)c(O)c2)c1Oc1ccc(N)c(O)c1. The van der Waals surface area contributed by atoms with Crippen LogP contribution in [0.3, 0.4) is 0 Å². The van der Waals surface area contributed by atoms with E-state index < -0.39 is 0 Å². The summed E-state index contributed by atoms with van der Waals surface area (Å²) in [7, 11) is 0. The second kappa shape index (κ2) is 7.45. The molecule has 0 aromatic heterocycles. The Balaban J connectivity index is 2.11. The molecule has 3 aromatic carbocycles. The lowest BCUT2D eigenvalue weighted by Gasteiger charge is -2.16. The molecule has 0 radical (unpaired) electrons. The average molecular weight is 372 g/mol. The van der Waals surface area contributed by atoms with E-state index in [1.807, 2.05) is 0 Å². The van der Waals surface area contributed by atoms with Gasteiger partial charge < -0.3 is 31.2 Å². The first-order valence-electron chi connectivity index (χ1n) is 8.06. The van der Waals surface area contributed by atoms with Crippen LogP contribution in [0, 0.1) is 24.7 Å². The number of phenolic OH excluding ortho intramolecular Hbond substituents is 2. The van der Waals surface area contributed by atoms with Crippen molar-refractivity contribution in [3.05, 3.63) is 59.7 Å². The Morgan fingerprint density at radius 3 is 1.39 bits per heavy atom. The number of terminal acetylenes is 2. The van der Waals surface area contributed by atoms with Gasteiger partial charge in [0.1, 0.15) is 23.0 Å². The highest BCUT2D eigenvalue weighted by molar-refractivity contribution is 5.65. The lowest BCUT2D eigenvalue weighted by molar-refractivity contribution is 0.410. The molecule has 0 aliphatic rings. The number of rotatable bonds is 4. The molecule has 0 aliphatic heterocycles. The van der Waals surface area contributed by atoms with E-state index in [2.05, 4.69) is 11.8 Å². The van der Waals surface area contributed by atoms with Crippen LogP contribution < -0.4 is 20.9 Å². The maximum absolute atomic E-state index is 9.82. The first-order valence-corrected chi connectivity index (χ1v) is 8.06. The van der Waals surface area contributed by atoms with Crippen LogP contribution in [0.5, 0.6) is 34.5 Å². The molecule has 0 aliphatic carbocycles. The van der Waals surface area contributed by atoms with Gasteiger partial charge in [-0.15, -0.1) is 12.8 Å². The summed E-state index contributed by atoms with van der Waals surface area (Å²) in [5, 5.41) is 19.6. The Bertz CT molecular complexity index is 1050. The maximum Gasteiger partial charge on any atom is 0.186 e. The van der Waals surface area contributed by atoms with Gasteiger partial charge in [-0.1, -0.05) is 11.8 Å². The van der Waals surface area contributed by atoms with Crippen molar-refractivity contribution < 1.29 is 19.7 Å². The Hall–Kier alpha value is -4.42. The third kappa shape index (κ3) is 3.57. The van der Waals surface area contributed by atoms with Gasteiger partial charge in [-0.25, -0.2) is 0 Å². The molecule has 6 nitrogen and oxygen atoms in total. The second-order valence-electron chi connectivity index (χ2n) is 5.75. The van der Waals surface area contributed by atoms with Crippen LogP contribution in [0.1, 0.15) is 11.1 Å². The summed E-state index contributed by atoms with van der Waals surface area (Å²) in [4.78, 5) is 0. The molecule has 0 fully saturated rings. The van der Waals surface area contributed by atoms with E-state index >= 15 is 0 Å². The van der Waals surface area contributed by atoms with Gasteiger partial charge in [0.05, 0.1) is 22.5 Å². The van der Waals surface area contributed by atoms with Crippen molar-refractivity contribution >= 4 is 11.4 Å². The van der Waals surface area contributed by atoms with Crippen LogP contribution in [0.4, 0.5) is 11.4 Å². The lowest BCUT2D eigenvalue weighted by Crippen LogP contribution is -1.97. The molecule has 0 amide bonds. The average Bonchev–Trinajstić information content (AvgIpc) is 2.68. The molecule has 138 valence electrons. The summed E-state index contributed by atoms with van der Waals surface area (Å²) < 4.78 is 11.7. The Morgan fingerprint density at radius 1 is 0.679 bits per heavy atom. The van der Waals surface area contributed by atoms with Gasteiger partial charge >= 0.3 is 0 Å². The molecule has 6 heteroatoms. The number of phenols is 2. The number of ether oxygens (including phenoxy) is 2. The highest BCUT2D eigenvalue weighted by Gasteiger charge is 2.18. The molecule has 28 heavy (non-hydrogen) atoms. The number of nitrogen functional groups attached to an aromatic ring is 2. The molecule has 0 atom stereocenters. The zero-order valence-corrected chi connectivity index (χ0v) is 14.6. The van der Waals surface area contributed by atoms with Crippen LogP contribution in [-0.4, -0.2) is 10.2 Å². The third-order valence-corrected chi connectivity index (χ3v) is 3.87. The third-order valence-electron chi connectivity index (χ3n) is 3.87. The minimum atomic E-state index is -0.140. The van der Waals surface area contributed by atoms with Gasteiger partial charge in [0.2, 0.25) is 0 Å². The summed E-state index contributed by atoms with van der Waals surface area (Å²) in [6.07, 6.45) is 11.2. The van der Waals surface area contributed by atoms with Crippen molar-refractivity contribution in [1.29, 1.82) is 0 Å². The fraction of sp³-hybridized carbons (Fsp3) is 0. The molecule has 0 unspecified atom stereocenters. The van der Waals surface area contributed by atoms with Crippen LogP contribution in [0.2, 0.25) is 0 Å². The quantitative estimate of drug-likeness (QED) is 0.315. The van der Waals surface area contributed by atoms with E-state index in [4.69, 9.17) is 33.8 Å². The summed E-state index contributed by atoms with van der Waals surface area (Å²) in [6.45, 7) is 0. The van der Waals surface area contributed by atoms with Crippen LogP contribution in [0.15, 0.2) is 48.5 Å². The Kier molecular flexibility index (Phi) is 4.89. The first-order chi connectivity index (χ1) is 13.4. The molecule has 6 N–H and O–H groups in total. The Labute approximate surface area is 161 Å². The molecular weight excluding hydrogens is 356 g/mol. The number of aromatic hydroxyl groups is 2. The standard InChI is InChI=1S/C22H16N2O4/c1-3-13-5-6-14(4-2)22(28-16-8-10-18(24)20(26)12-16)21(13)27-15-7-9-17(23)19(25)11-15/h1-2,5-12,25-26H,23-24H2. The zero-order chi connectivity index (χ0) is 20.3. The summed E-state index contributed by atoms with van der Waals surface area (Å²) in [5.74, 6) is 5.66. The lowest BCUT2D eigenvalue weighted by atomic mass is 10.1. The maximum atomic E-state index is 9.82. The molecule has 0 spiro atoms. The highest BCUT2D eigenvalue weighted by atomic mass is 16.5. The predicted octanol–water partition coefficient (Wildman–Crippen LogP) is 3.81. The summed E-state index contributed by atoms with van der Waals surface area (Å²) >= 11 is 0. The van der Waals surface area contributed by atoms with Gasteiger partial charge in [0.25, 0.3) is 0 Å². The normalized spacial score (nSPS) is 9.93. The molecule has 0 saturated carbocycles. The topological polar surface area (TPSA) is 111 Å². The number of anilines is 2. The smallest absolute Gasteiger partial charge is 0.186 e. The number of hydrogen-bond donors (Lipinski definition) is 4. The summed E-state index contributed by atoms with van der Waals surface area (Å²) in [6, 6.07) is 12.0. The Morgan fingerprint density at radius 2 is 1.07 bits per heavy atom. The molecule has 0 bridgehead atoms. The minimum absolute atomic E-state index is 0.140. The van der Waals surface area contributed by atoms with Crippen molar-refractivity contribution in [2.75, 3.05) is 11.5 Å². The molecule has 0 saturated heterocycles. The predicted molar refractivity (Wildman–Crippen MR) is 107 cm³/mol. The van der Waals surface area contributed by atoms with Gasteiger partial charge in [0.15, 0.2) is 11.5 Å². The van der Waals surface area contributed by atoms with Gasteiger partial charge in [-0.3, -0.25) is 0 Å². The summed E-state index contributed by atoms with van der Waals surface area (Å²) in [5.41, 5.74) is 12.4. The van der Waals surface area contributed by atoms with Crippen LogP contribution in [0.25, 0.3) is 0 Å². The van der Waals surface area contributed by atoms with Crippen LogP contribution >= 0.6 is 0 Å². The monoisotopic (exact) mass is 372 g/mol. The minimum Gasteiger partial charge on any atom is -0.506 e. The van der Waals surface area contributed by atoms with E-state index in [1.165, 1.54) is 24.3 Å². The van der Waals surface area contributed by atoms with E-state index in [-0.39, 0.29) is 45.9 Å². The van der Waals surface area contributed by atoms with E-state index in [0.29, 0.717) is 11.1 Å². The van der Waals surface area contributed by atoms with Crippen molar-refractivity contribution in [2.24, 2.45) is 0 Å². The van der Waals surface area contributed by atoms with Crippen molar-refractivity contribution in [2.45, 2.75) is 0 Å². The number of benzene rings is 3. The van der Waals surface area contributed by atoms with Crippen molar-refractivity contribution in [1.82, 2.24) is 0 Å². The van der Waals surface area contributed by atoms with Gasteiger partial charge in [0, 0.05) is 12.1 Å². The van der Waals surface area contributed by atoms with E-state index in [9.17, 15) is 10.2 Å². The highest BCUT2D eigenvalue weighted by Crippen LogP contribution is 2.42.